The molecule has 1 fully saturated rings. The lowest BCUT2D eigenvalue weighted by Gasteiger charge is -2.27. The molecule has 1 N–H and O–H groups in total. The van der Waals surface area contributed by atoms with Crippen LogP contribution in [0.2, 0.25) is 0 Å². The maximum absolute atomic E-state index is 12.9. The Kier molecular flexibility index (Phi) is 8.33. The minimum absolute atomic E-state index is 0.0576. The van der Waals surface area contributed by atoms with Gasteiger partial charge in [0.25, 0.3) is 11.8 Å². The normalized spacial score (nSPS) is 18.3. The summed E-state index contributed by atoms with van der Waals surface area (Å²) in [6, 6.07) is 4.14. The quantitative estimate of drug-likeness (QED) is 0.387. The van der Waals surface area contributed by atoms with E-state index in [1.54, 1.807) is 18.2 Å². The summed E-state index contributed by atoms with van der Waals surface area (Å²) in [6.07, 6.45) is 2.66. The summed E-state index contributed by atoms with van der Waals surface area (Å²) < 4.78 is 11.1. The van der Waals surface area contributed by atoms with Crippen molar-refractivity contribution in [3.8, 4) is 0 Å². The van der Waals surface area contributed by atoms with E-state index in [1.807, 2.05) is 20.8 Å². The molecule has 4 amide bonds. The number of Topliss-reactive ketones (excluding diaryl/α,β-unsaturated/α-hetero) is 1. The maximum Gasteiger partial charge on any atom is 0.262 e. The second-order valence-corrected chi connectivity index (χ2v) is 9.59. The summed E-state index contributed by atoms with van der Waals surface area (Å²) in [4.78, 5) is 61.9. The molecule has 0 bridgehead atoms. The third kappa shape index (κ3) is 6.57. The van der Waals surface area contributed by atoms with Crippen LogP contribution in [0.4, 0.5) is 0 Å². The smallest absolute Gasteiger partial charge is 0.262 e. The second kappa shape index (κ2) is 11.0. The lowest BCUT2D eigenvalue weighted by molar-refractivity contribution is -0.136. The number of rotatable bonds is 11. The predicted octanol–water partition coefficient (Wildman–Crippen LogP) is 2.20. The first-order chi connectivity index (χ1) is 16.1. The van der Waals surface area contributed by atoms with Gasteiger partial charge in [0.05, 0.1) is 16.7 Å². The number of carbonyl (C=O) groups is 5. The van der Waals surface area contributed by atoms with Crippen molar-refractivity contribution >= 4 is 29.4 Å². The molecule has 9 heteroatoms. The van der Waals surface area contributed by atoms with Crippen molar-refractivity contribution in [2.24, 2.45) is 0 Å². The molecule has 1 aromatic rings. The van der Waals surface area contributed by atoms with E-state index in [-0.39, 0.29) is 42.0 Å². The number of imide groups is 2. The zero-order chi connectivity index (χ0) is 24.9. The fourth-order valence-electron chi connectivity index (χ4n) is 3.89. The number of aryl methyl sites for hydroxylation is 1. The van der Waals surface area contributed by atoms with Crippen LogP contribution in [0.15, 0.2) is 18.2 Å². The average Bonchev–Trinajstić information content (AvgIpc) is 3.01. The van der Waals surface area contributed by atoms with Crippen molar-refractivity contribution in [2.75, 3.05) is 19.8 Å². The van der Waals surface area contributed by atoms with Gasteiger partial charge in [-0.15, -0.1) is 0 Å². The highest BCUT2D eigenvalue weighted by Crippen LogP contribution is 2.28. The first kappa shape index (κ1) is 25.7. The van der Waals surface area contributed by atoms with Crippen LogP contribution >= 0.6 is 0 Å². The van der Waals surface area contributed by atoms with Crippen molar-refractivity contribution in [3.63, 3.8) is 0 Å². The lowest BCUT2D eigenvalue weighted by atomic mass is 10.0. The first-order valence-corrected chi connectivity index (χ1v) is 11.6. The molecule has 3 rings (SSSR count). The van der Waals surface area contributed by atoms with Gasteiger partial charge in [-0.2, -0.15) is 0 Å². The zero-order valence-corrected chi connectivity index (χ0v) is 20.0. The van der Waals surface area contributed by atoms with E-state index in [2.05, 4.69) is 5.32 Å². The molecule has 1 unspecified atom stereocenters. The fraction of sp³-hybridized carbons (Fsp3) is 0.560. The van der Waals surface area contributed by atoms with E-state index in [9.17, 15) is 24.0 Å². The Morgan fingerprint density at radius 1 is 1.06 bits per heavy atom. The number of hydrogen-bond acceptors (Lipinski definition) is 7. The van der Waals surface area contributed by atoms with Gasteiger partial charge < -0.3 is 9.47 Å². The van der Waals surface area contributed by atoms with Gasteiger partial charge in [-0.25, -0.2) is 0 Å². The van der Waals surface area contributed by atoms with Crippen LogP contribution in [-0.2, 0) is 30.3 Å². The molecular weight excluding hydrogens is 440 g/mol. The number of ketones is 1. The van der Waals surface area contributed by atoms with Crippen molar-refractivity contribution in [3.05, 3.63) is 34.9 Å². The van der Waals surface area contributed by atoms with E-state index < -0.39 is 29.7 Å². The van der Waals surface area contributed by atoms with Crippen molar-refractivity contribution in [1.29, 1.82) is 0 Å². The van der Waals surface area contributed by atoms with Crippen LogP contribution in [-0.4, -0.2) is 65.8 Å². The molecule has 9 nitrogen and oxygen atoms in total. The average molecular weight is 473 g/mol. The molecule has 184 valence electrons. The topological polar surface area (TPSA) is 119 Å². The third-order valence-corrected chi connectivity index (χ3v) is 5.67. The number of fused-ring (bicyclic) bond motifs is 1. The van der Waals surface area contributed by atoms with Gasteiger partial charge >= 0.3 is 0 Å². The van der Waals surface area contributed by atoms with E-state index in [0.29, 0.717) is 32.5 Å². The first-order valence-electron chi connectivity index (χ1n) is 11.6. The van der Waals surface area contributed by atoms with Crippen LogP contribution in [0, 0.1) is 0 Å². The number of benzene rings is 1. The fourth-order valence-corrected chi connectivity index (χ4v) is 3.89. The summed E-state index contributed by atoms with van der Waals surface area (Å²) in [5, 5.41) is 2.19. The number of hydrogen-bond donors (Lipinski definition) is 1. The molecular formula is C25H32N2O7. The third-order valence-electron chi connectivity index (χ3n) is 5.67. The Morgan fingerprint density at radius 3 is 2.47 bits per heavy atom. The summed E-state index contributed by atoms with van der Waals surface area (Å²) in [5.41, 5.74) is 1.12. The standard InChI is InChI=1S/C25H32N2O7/c1-25(2,3)34-15-17(28)7-5-13-33-12-4-6-16-8-9-18-19(14-16)24(32)27(23(18)31)20-10-11-21(29)26-22(20)30/h8-9,14,20H,4-7,10-13,15H2,1-3H3,(H,26,29,30). The van der Waals surface area contributed by atoms with Crippen molar-refractivity contribution in [2.45, 2.75) is 70.9 Å². The van der Waals surface area contributed by atoms with Crippen LogP contribution in [0.25, 0.3) is 0 Å². The van der Waals surface area contributed by atoms with Crippen LogP contribution in [0.5, 0.6) is 0 Å². The highest BCUT2D eigenvalue weighted by Gasteiger charge is 2.44. The predicted molar refractivity (Wildman–Crippen MR) is 122 cm³/mol. The van der Waals surface area contributed by atoms with Crippen LogP contribution in [0.1, 0.15) is 79.2 Å². The molecule has 1 saturated heterocycles. The number of ether oxygens (including phenoxy) is 2. The molecule has 0 saturated carbocycles. The maximum atomic E-state index is 12.9. The minimum Gasteiger partial charge on any atom is -0.381 e. The highest BCUT2D eigenvalue weighted by molar-refractivity contribution is 6.23. The van der Waals surface area contributed by atoms with E-state index in [0.717, 1.165) is 16.9 Å². The molecule has 0 spiro atoms. The largest absolute Gasteiger partial charge is 0.381 e. The molecule has 34 heavy (non-hydrogen) atoms. The Labute approximate surface area is 199 Å². The van der Waals surface area contributed by atoms with Gasteiger partial charge in [-0.1, -0.05) is 6.07 Å². The number of nitrogens with one attached hydrogen (secondary N) is 1. The van der Waals surface area contributed by atoms with E-state index in [1.165, 1.54) is 0 Å². The van der Waals surface area contributed by atoms with Gasteiger partial charge in [-0.3, -0.25) is 34.2 Å². The van der Waals surface area contributed by atoms with E-state index in [4.69, 9.17) is 9.47 Å². The number of carbonyl (C=O) groups excluding carboxylic acids is 5. The Bertz CT molecular complexity index is 980. The Balaban J connectivity index is 1.42. The summed E-state index contributed by atoms with van der Waals surface area (Å²) in [5.74, 6) is -1.98. The molecule has 0 radical (unpaired) electrons. The van der Waals surface area contributed by atoms with Gasteiger partial charge in [0.2, 0.25) is 11.8 Å². The molecule has 2 aliphatic heterocycles. The van der Waals surface area contributed by atoms with Gasteiger partial charge in [-0.05, 0) is 64.2 Å². The summed E-state index contributed by atoms with van der Waals surface area (Å²) in [6.45, 7) is 6.84. The Morgan fingerprint density at radius 2 is 1.76 bits per heavy atom. The number of amides is 4. The molecule has 2 aliphatic rings. The summed E-state index contributed by atoms with van der Waals surface area (Å²) >= 11 is 0. The molecule has 0 aliphatic carbocycles. The van der Waals surface area contributed by atoms with Crippen molar-refractivity contribution < 1.29 is 33.4 Å². The van der Waals surface area contributed by atoms with Crippen LogP contribution < -0.4 is 5.32 Å². The summed E-state index contributed by atoms with van der Waals surface area (Å²) in [7, 11) is 0. The molecule has 1 atom stereocenters. The van der Waals surface area contributed by atoms with Crippen LogP contribution in [0.3, 0.4) is 0 Å². The molecule has 2 heterocycles. The lowest BCUT2D eigenvalue weighted by Crippen LogP contribution is -2.54. The SMILES string of the molecule is CC(C)(C)OCC(=O)CCCOCCCc1ccc2c(c1)C(=O)N(C1CCC(=O)NC1=O)C2=O. The highest BCUT2D eigenvalue weighted by atomic mass is 16.5. The minimum atomic E-state index is -0.964. The van der Waals surface area contributed by atoms with Gasteiger partial charge in [0, 0.05) is 26.1 Å². The molecule has 0 aromatic heterocycles. The number of nitrogens with zero attached hydrogens (tertiary/aromatic N) is 1. The van der Waals surface area contributed by atoms with Crippen molar-refractivity contribution in [1.82, 2.24) is 10.2 Å². The Hall–Kier alpha value is -2.91. The monoisotopic (exact) mass is 472 g/mol. The number of piperidine rings is 1. The van der Waals surface area contributed by atoms with Gasteiger partial charge in [0.15, 0.2) is 5.78 Å². The zero-order valence-electron chi connectivity index (χ0n) is 20.0. The van der Waals surface area contributed by atoms with Gasteiger partial charge in [0.1, 0.15) is 12.6 Å². The molecule has 1 aromatic carbocycles. The second-order valence-electron chi connectivity index (χ2n) is 9.59. The van der Waals surface area contributed by atoms with E-state index >= 15 is 0 Å².